The molecule has 9 heteroatoms. The maximum Gasteiger partial charge on any atom is 0.258 e. The Labute approximate surface area is 201 Å². The van der Waals surface area contributed by atoms with Gasteiger partial charge in [-0.2, -0.15) is 4.98 Å². The Balaban J connectivity index is 1.32. The number of nitrogens with zero attached hydrogens (tertiary/aromatic N) is 2. The number of nitrogens with one attached hydrogen (secondary N) is 3. The summed E-state index contributed by atoms with van der Waals surface area (Å²) >= 11 is 0. The van der Waals surface area contributed by atoms with Crippen molar-refractivity contribution in [3.05, 3.63) is 81.9 Å². The van der Waals surface area contributed by atoms with Gasteiger partial charge in [0.05, 0.1) is 11.5 Å². The first-order valence-electron chi connectivity index (χ1n) is 11.8. The monoisotopic (exact) mass is 475 g/mol. The number of amides is 2. The molecule has 2 amide bonds. The average Bonchev–Trinajstić information content (AvgIpc) is 2.84. The fraction of sp³-hybridized carbons (Fsp3) is 0.308. The van der Waals surface area contributed by atoms with Crippen LogP contribution in [0.15, 0.2) is 59.4 Å². The minimum Gasteiger partial charge on any atom is -0.342 e. The van der Waals surface area contributed by atoms with Gasteiger partial charge in [0.2, 0.25) is 17.8 Å². The highest BCUT2D eigenvalue weighted by Crippen LogP contribution is 2.31. The predicted molar refractivity (Wildman–Crippen MR) is 131 cm³/mol. The van der Waals surface area contributed by atoms with Crippen LogP contribution in [0.2, 0.25) is 0 Å². The number of piperidine rings is 1. The van der Waals surface area contributed by atoms with E-state index >= 15 is 0 Å². The molecule has 0 spiro atoms. The van der Waals surface area contributed by atoms with Crippen molar-refractivity contribution < 1.29 is 14.0 Å². The van der Waals surface area contributed by atoms with Crippen LogP contribution in [0.3, 0.4) is 0 Å². The van der Waals surface area contributed by atoms with Gasteiger partial charge in [0, 0.05) is 25.2 Å². The lowest BCUT2D eigenvalue weighted by molar-refractivity contribution is -0.123. The molecule has 1 fully saturated rings. The summed E-state index contributed by atoms with van der Waals surface area (Å²) in [5, 5.41) is 5.24. The average molecular weight is 476 g/mol. The topological polar surface area (TPSA) is 107 Å². The number of aromatic nitrogens is 2. The van der Waals surface area contributed by atoms with E-state index in [1.807, 2.05) is 23.1 Å². The Morgan fingerprint density at radius 1 is 1.09 bits per heavy atom. The minimum atomic E-state index is -1.02. The standard InChI is InChI=1S/C26H26FN5O3/c27-18-7-4-8-19(14-18)28-24(34)20-15-21(33)29-23-22(20)25(35)31-26(30-23)32-11-9-17(10-12-32)13-16-5-2-1-3-6-16/h1-8,14,17,20H,9-13,15H2,(H,28,34)(H2,29,30,31,33,35)/t20-/m0/s1. The van der Waals surface area contributed by atoms with Gasteiger partial charge in [-0.25, -0.2) is 4.39 Å². The summed E-state index contributed by atoms with van der Waals surface area (Å²) in [4.78, 5) is 47.6. The number of hydrogen-bond acceptors (Lipinski definition) is 5. The Bertz CT molecular complexity index is 1300. The molecule has 2 aromatic carbocycles. The van der Waals surface area contributed by atoms with Crippen LogP contribution in [0.5, 0.6) is 0 Å². The summed E-state index contributed by atoms with van der Waals surface area (Å²) in [5.41, 5.74) is 1.22. The van der Waals surface area contributed by atoms with Gasteiger partial charge < -0.3 is 15.5 Å². The van der Waals surface area contributed by atoms with Crippen molar-refractivity contribution in [3.8, 4) is 0 Å². The minimum absolute atomic E-state index is 0.103. The van der Waals surface area contributed by atoms with Gasteiger partial charge >= 0.3 is 0 Å². The largest absolute Gasteiger partial charge is 0.342 e. The summed E-state index contributed by atoms with van der Waals surface area (Å²) in [6, 6.07) is 15.8. The Morgan fingerprint density at radius 3 is 2.60 bits per heavy atom. The molecule has 1 saturated heterocycles. The number of aromatic amines is 1. The smallest absolute Gasteiger partial charge is 0.258 e. The van der Waals surface area contributed by atoms with Gasteiger partial charge in [-0.3, -0.25) is 19.4 Å². The normalized spacial score (nSPS) is 18.0. The van der Waals surface area contributed by atoms with Crippen LogP contribution in [0, 0.1) is 11.7 Å². The van der Waals surface area contributed by atoms with Crippen LogP contribution >= 0.6 is 0 Å². The zero-order valence-corrected chi connectivity index (χ0v) is 19.1. The molecule has 180 valence electrons. The lowest BCUT2D eigenvalue weighted by Crippen LogP contribution is -2.40. The van der Waals surface area contributed by atoms with Crippen molar-refractivity contribution in [2.75, 3.05) is 28.6 Å². The quantitative estimate of drug-likeness (QED) is 0.524. The van der Waals surface area contributed by atoms with Gasteiger partial charge in [0.1, 0.15) is 11.6 Å². The van der Waals surface area contributed by atoms with Crippen molar-refractivity contribution in [2.45, 2.75) is 31.6 Å². The summed E-state index contributed by atoms with van der Waals surface area (Å²) in [6.07, 6.45) is 2.74. The molecule has 2 aliphatic heterocycles. The van der Waals surface area contributed by atoms with Crippen molar-refractivity contribution in [2.24, 2.45) is 5.92 Å². The number of fused-ring (bicyclic) bond motifs is 1. The molecule has 3 N–H and O–H groups in total. The number of carbonyl (C=O) groups is 2. The summed E-state index contributed by atoms with van der Waals surface area (Å²) in [7, 11) is 0. The van der Waals surface area contributed by atoms with E-state index in [-0.39, 0.29) is 23.5 Å². The van der Waals surface area contributed by atoms with Gasteiger partial charge in [0.25, 0.3) is 5.56 Å². The maximum atomic E-state index is 13.5. The highest BCUT2D eigenvalue weighted by molar-refractivity contribution is 6.04. The summed E-state index contributed by atoms with van der Waals surface area (Å²) in [5.74, 6) is -1.45. The van der Waals surface area contributed by atoms with E-state index in [4.69, 9.17) is 0 Å². The molecule has 1 atom stereocenters. The van der Waals surface area contributed by atoms with Crippen LogP contribution in [-0.4, -0.2) is 34.9 Å². The van der Waals surface area contributed by atoms with Gasteiger partial charge in [0.15, 0.2) is 0 Å². The van der Waals surface area contributed by atoms with E-state index in [1.54, 1.807) is 0 Å². The summed E-state index contributed by atoms with van der Waals surface area (Å²) < 4.78 is 13.5. The van der Waals surface area contributed by atoms with E-state index < -0.39 is 29.1 Å². The molecule has 8 nitrogen and oxygen atoms in total. The molecule has 2 aliphatic rings. The van der Waals surface area contributed by atoms with Crippen molar-refractivity contribution in [3.63, 3.8) is 0 Å². The summed E-state index contributed by atoms with van der Waals surface area (Å²) in [6.45, 7) is 1.47. The molecule has 0 saturated carbocycles. The van der Waals surface area contributed by atoms with E-state index in [0.29, 0.717) is 11.9 Å². The third-order valence-electron chi connectivity index (χ3n) is 6.63. The van der Waals surface area contributed by atoms with Gasteiger partial charge in [-0.15, -0.1) is 0 Å². The molecular formula is C26H26FN5O3. The number of rotatable bonds is 5. The molecule has 3 aromatic rings. The van der Waals surface area contributed by atoms with E-state index in [1.165, 1.54) is 29.8 Å². The Kier molecular flexibility index (Phi) is 6.31. The fourth-order valence-corrected chi connectivity index (χ4v) is 4.83. The second kappa shape index (κ2) is 9.69. The number of anilines is 3. The van der Waals surface area contributed by atoms with Crippen molar-refractivity contribution in [1.82, 2.24) is 9.97 Å². The lowest BCUT2D eigenvalue weighted by atomic mass is 9.90. The fourth-order valence-electron chi connectivity index (χ4n) is 4.83. The third-order valence-corrected chi connectivity index (χ3v) is 6.63. The van der Waals surface area contributed by atoms with Crippen LogP contribution in [0.25, 0.3) is 0 Å². The molecule has 35 heavy (non-hydrogen) atoms. The number of halogens is 1. The molecule has 0 radical (unpaired) electrons. The van der Waals surface area contributed by atoms with Crippen LogP contribution in [0.4, 0.5) is 21.8 Å². The van der Waals surface area contributed by atoms with Crippen LogP contribution in [-0.2, 0) is 16.0 Å². The van der Waals surface area contributed by atoms with E-state index in [2.05, 4.69) is 32.7 Å². The van der Waals surface area contributed by atoms with Crippen LogP contribution in [0.1, 0.15) is 36.3 Å². The number of carbonyl (C=O) groups excluding carboxylic acids is 2. The third kappa shape index (κ3) is 5.08. The van der Waals surface area contributed by atoms with Crippen molar-refractivity contribution in [1.29, 1.82) is 0 Å². The molecule has 0 aliphatic carbocycles. The van der Waals surface area contributed by atoms with E-state index in [9.17, 15) is 18.8 Å². The number of hydrogen-bond donors (Lipinski definition) is 3. The molecular weight excluding hydrogens is 449 g/mol. The predicted octanol–water partition coefficient (Wildman–Crippen LogP) is 3.43. The SMILES string of the molecule is O=C1C[C@H](C(=O)Nc2cccc(F)c2)c2c(nc(N3CCC(Cc4ccccc4)CC3)[nH]c2=O)N1. The first kappa shape index (κ1) is 22.8. The molecule has 0 unspecified atom stereocenters. The van der Waals surface area contributed by atoms with Gasteiger partial charge in [-0.05, 0) is 48.9 Å². The lowest BCUT2D eigenvalue weighted by Gasteiger charge is -2.33. The van der Waals surface area contributed by atoms with Crippen molar-refractivity contribution >= 4 is 29.3 Å². The number of H-pyrrole nitrogens is 1. The Morgan fingerprint density at radius 2 is 1.86 bits per heavy atom. The molecule has 0 bridgehead atoms. The van der Waals surface area contributed by atoms with E-state index in [0.717, 1.165) is 32.4 Å². The second-order valence-electron chi connectivity index (χ2n) is 9.08. The second-order valence-corrected chi connectivity index (χ2v) is 9.08. The molecule has 1 aromatic heterocycles. The zero-order valence-electron chi connectivity index (χ0n) is 19.1. The molecule has 3 heterocycles. The van der Waals surface area contributed by atoms with Crippen LogP contribution < -0.4 is 21.1 Å². The Hall–Kier alpha value is -4.01. The zero-order chi connectivity index (χ0) is 24.4. The maximum absolute atomic E-state index is 13.5. The number of benzene rings is 2. The molecule has 5 rings (SSSR count). The first-order valence-corrected chi connectivity index (χ1v) is 11.8. The van der Waals surface area contributed by atoms with Gasteiger partial charge in [-0.1, -0.05) is 36.4 Å². The highest BCUT2D eigenvalue weighted by Gasteiger charge is 2.35. The first-order chi connectivity index (χ1) is 17.0. The highest BCUT2D eigenvalue weighted by atomic mass is 19.1.